The first-order valence-electron chi connectivity index (χ1n) is 4.76. The first kappa shape index (κ1) is 9.31. The van der Waals surface area contributed by atoms with Gasteiger partial charge >= 0.3 is 0 Å². The summed E-state index contributed by atoms with van der Waals surface area (Å²) in [6.07, 6.45) is 4.37. The molecule has 0 spiro atoms. The van der Waals surface area contributed by atoms with Gasteiger partial charge in [-0.05, 0) is 34.8 Å². The zero-order valence-corrected chi connectivity index (χ0v) is 9.90. The summed E-state index contributed by atoms with van der Waals surface area (Å²) in [5.41, 5.74) is 1.17. The largest absolute Gasteiger partial charge is 0.422 e. The molecule has 0 aliphatic carbocycles. The van der Waals surface area contributed by atoms with Gasteiger partial charge in [-0.25, -0.2) is 0 Å². The highest BCUT2D eigenvalue weighted by Gasteiger charge is 2.22. The van der Waals surface area contributed by atoms with Crippen LogP contribution in [0.4, 0.5) is 0 Å². The van der Waals surface area contributed by atoms with Crippen LogP contribution < -0.4 is 0 Å². The molecule has 1 aromatic rings. The molecule has 0 saturated carbocycles. The topological polar surface area (TPSA) is 9.23 Å². The van der Waals surface area contributed by atoms with Crippen LogP contribution in [-0.4, -0.2) is 4.86 Å². The monoisotopic (exact) mass is 234 g/mol. The van der Waals surface area contributed by atoms with Crippen LogP contribution >= 0.6 is 20.6 Å². The SMILES string of the molecule is CC1=CC2=S(OC(c3ccccc3)=C2)S1. The fourth-order valence-electron chi connectivity index (χ4n) is 1.56. The maximum atomic E-state index is 5.90. The molecule has 1 atom stereocenters. The van der Waals surface area contributed by atoms with Crippen molar-refractivity contribution in [1.29, 1.82) is 0 Å². The summed E-state index contributed by atoms with van der Waals surface area (Å²) in [4.78, 5) is 2.66. The summed E-state index contributed by atoms with van der Waals surface area (Å²) in [6.45, 7) is 2.13. The molecule has 0 aromatic heterocycles. The summed E-state index contributed by atoms with van der Waals surface area (Å²) in [5.74, 6) is 1.00. The van der Waals surface area contributed by atoms with Crippen molar-refractivity contribution in [2.45, 2.75) is 6.92 Å². The van der Waals surface area contributed by atoms with Gasteiger partial charge in [0.25, 0.3) is 0 Å². The highest BCUT2D eigenvalue weighted by atomic mass is 33.1. The first-order valence-corrected chi connectivity index (χ1v) is 7.24. The third-order valence-corrected chi connectivity index (χ3v) is 5.75. The molecule has 3 heteroatoms. The van der Waals surface area contributed by atoms with Gasteiger partial charge in [0, 0.05) is 5.56 Å². The second kappa shape index (κ2) is 3.58. The molecular weight excluding hydrogens is 224 g/mol. The van der Waals surface area contributed by atoms with Crippen molar-refractivity contribution in [2.75, 3.05) is 0 Å². The normalized spacial score (nSPS) is 23.3. The van der Waals surface area contributed by atoms with Crippen LogP contribution in [-0.2, 0) is 4.18 Å². The van der Waals surface area contributed by atoms with E-state index in [1.54, 1.807) is 0 Å². The number of hydrogen-bond donors (Lipinski definition) is 0. The molecule has 1 unspecified atom stereocenters. The number of hydrogen-bond acceptors (Lipinski definition) is 2. The minimum atomic E-state index is -0.0804. The van der Waals surface area contributed by atoms with Crippen LogP contribution in [0.15, 0.2) is 47.4 Å². The Morgan fingerprint density at radius 2 is 1.93 bits per heavy atom. The third kappa shape index (κ3) is 1.66. The molecule has 2 heterocycles. The van der Waals surface area contributed by atoms with Gasteiger partial charge in [-0.2, -0.15) is 0 Å². The third-order valence-electron chi connectivity index (χ3n) is 2.24. The van der Waals surface area contributed by atoms with Crippen molar-refractivity contribution in [1.82, 2.24) is 0 Å². The summed E-state index contributed by atoms with van der Waals surface area (Å²) in [7, 11) is 1.73. The van der Waals surface area contributed by atoms with E-state index in [0.717, 1.165) is 5.76 Å². The zero-order chi connectivity index (χ0) is 10.3. The summed E-state index contributed by atoms with van der Waals surface area (Å²) in [6, 6.07) is 10.3. The van der Waals surface area contributed by atoms with Crippen LogP contribution in [0.5, 0.6) is 0 Å². The van der Waals surface area contributed by atoms with Crippen LogP contribution in [0.3, 0.4) is 0 Å². The van der Waals surface area contributed by atoms with Gasteiger partial charge in [0.05, 0.1) is 14.7 Å². The van der Waals surface area contributed by atoms with Gasteiger partial charge in [-0.15, -0.1) is 0 Å². The molecule has 0 radical (unpaired) electrons. The fraction of sp³-hybridized carbons (Fsp3) is 0.0833. The minimum absolute atomic E-state index is 0.0804. The Balaban J connectivity index is 1.92. The van der Waals surface area contributed by atoms with Crippen molar-refractivity contribution < 1.29 is 4.18 Å². The number of allylic oxidation sites excluding steroid dienone is 3. The van der Waals surface area contributed by atoms with Crippen molar-refractivity contribution in [3.8, 4) is 0 Å². The molecular formula is C12H10OS2. The maximum absolute atomic E-state index is 5.90. The van der Waals surface area contributed by atoms with E-state index in [9.17, 15) is 0 Å². The lowest BCUT2D eigenvalue weighted by atomic mass is 10.1. The van der Waals surface area contributed by atoms with Crippen LogP contribution in [0.1, 0.15) is 12.5 Å². The molecule has 0 saturated heterocycles. The predicted molar refractivity (Wildman–Crippen MR) is 69.5 cm³/mol. The second-order valence-electron chi connectivity index (χ2n) is 3.43. The van der Waals surface area contributed by atoms with Gasteiger partial charge in [-0.3, -0.25) is 0 Å². The molecule has 3 rings (SSSR count). The Kier molecular flexibility index (Phi) is 2.22. The molecule has 0 fully saturated rings. The van der Waals surface area contributed by atoms with E-state index >= 15 is 0 Å². The van der Waals surface area contributed by atoms with E-state index in [2.05, 4.69) is 31.2 Å². The second-order valence-corrected chi connectivity index (χ2v) is 6.76. The van der Waals surface area contributed by atoms with E-state index in [0.29, 0.717) is 0 Å². The highest BCUT2D eigenvalue weighted by Crippen LogP contribution is 2.51. The van der Waals surface area contributed by atoms with Crippen LogP contribution in [0.25, 0.3) is 5.76 Å². The Hall–Kier alpha value is -0.930. The average Bonchev–Trinajstić information content (AvgIpc) is 2.76. The molecule has 1 nitrogen and oxygen atoms in total. The van der Waals surface area contributed by atoms with Gasteiger partial charge in [-0.1, -0.05) is 30.3 Å². The minimum Gasteiger partial charge on any atom is -0.422 e. The molecule has 1 aromatic carbocycles. The van der Waals surface area contributed by atoms with Gasteiger partial charge in [0.1, 0.15) is 5.76 Å². The average molecular weight is 234 g/mol. The standard InChI is InChI=1S/C12H10OS2/c1-9-7-11-8-12(13-15(11)14-9)10-5-3-2-4-6-10/h2-8H,1H3. The van der Waals surface area contributed by atoms with Gasteiger partial charge in [0.15, 0.2) is 0 Å². The maximum Gasteiger partial charge on any atom is 0.146 e. The van der Waals surface area contributed by atoms with Crippen molar-refractivity contribution in [3.63, 3.8) is 0 Å². The fourth-order valence-corrected chi connectivity index (χ4v) is 4.82. The van der Waals surface area contributed by atoms with Crippen LogP contribution in [0, 0.1) is 0 Å². The quantitative estimate of drug-likeness (QED) is 0.537. The lowest BCUT2D eigenvalue weighted by molar-refractivity contribution is 0.615. The van der Waals surface area contributed by atoms with Crippen molar-refractivity contribution in [3.05, 3.63) is 53.0 Å². The van der Waals surface area contributed by atoms with Crippen molar-refractivity contribution in [2.24, 2.45) is 0 Å². The summed E-state index contributed by atoms with van der Waals surface area (Å²) < 4.78 is 5.90. The van der Waals surface area contributed by atoms with Gasteiger partial charge < -0.3 is 4.18 Å². The Morgan fingerprint density at radius 3 is 2.67 bits per heavy atom. The molecule has 0 amide bonds. The molecule has 2 aliphatic rings. The van der Waals surface area contributed by atoms with Crippen molar-refractivity contribution >= 4 is 31.2 Å². The summed E-state index contributed by atoms with van der Waals surface area (Å²) in [5, 5.41) is 0. The van der Waals surface area contributed by atoms with E-state index in [-0.39, 0.29) is 9.80 Å². The molecule has 76 valence electrons. The number of benzene rings is 1. The van der Waals surface area contributed by atoms with Gasteiger partial charge in [0.2, 0.25) is 0 Å². The van der Waals surface area contributed by atoms with Crippen LogP contribution in [0.2, 0.25) is 0 Å². The van der Waals surface area contributed by atoms with E-state index in [1.165, 1.54) is 15.3 Å². The zero-order valence-electron chi connectivity index (χ0n) is 8.27. The smallest absolute Gasteiger partial charge is 0.146 e. The number of rotatable bonds is 1. The molecule has 15 heavy (non-hydrogen) atoms. The Labute approximate surface area is 95.4 Å². The highest BCUT2D eigenvalue weighted by molar-refractivity contribution is 8.84. The molecule has 0 N–H and O–H groups in total. The van der Waals surface area contributed by atoms with E-state index in [4.69, 9.17) is 4.18 Å². The molecule has 2 aliphatic heterocycles. The first-order chi connectivity index (χ1) is 7.33. The lowest BCUT2D eigenvalue weighted by Gasteiger charge is -2.06. The Bertz CT molecular complexity index is 498. The Morgan fingerprint density at radius 1 is 1.13 bits per heavy atom. The summed E-state index contributed by atoms with van der Waals surface area (Å²) >= 11 is 0. The lowest BCUT2D eigenvalue weighted by Crippen LogP contribution is -1.83. The molecule has 0 bridgehead atoms. The predicted octanol–water partition coefficient (Wildman–Crippen LogP) is 3.98. The van der Waals surface area contributed by atoms with E-state index in [1.807, 2.05) is 29.0 Å². The van der Waals surface area contributed by atoms with E-state index < -0.39 is 0 Å².